The lowest BCUT2D eigenvalue weighted by Gasteiger charge is -2.07. The Morgan fingerprint density at radius 3 is 2.79 bits per heavy atom. The molecule has 0 spiro atoms. The molecule has 1 aromatic heterocycles. The van der Waals surface area contributed by atoms with Crippen molar-refractivity contribution >= 4 is 69.2 Å². The van der Waals surface area contributed by atoms with Gasteiger partial charge in [0.2, 0.25) is 0 Å². The topological polar surface area (TPSA) is 40.5 Å². The van der Waals surface area contributed by atoms with Crippen molar-refractivity contribution in [2.45, 2.75) is 4.90 Å². The van der Waals surface area contributed by atoms with Crippen LogP contribution in [0.25, 0.3) is 10.1 Å². The Balaban J connectivity index is 2.86. The predicted octanol–water partition coefficient (Wildman–Crippen LogP) is 1.47. The molecule has 2 rings (SSSR count). The van der Waals surface area contributed by atoms with Crippen molar-refractivity contribution in [2.75, 3.05) is 0 Å². The highest BCUT2D eigenvalue weighted by Crippen LogP contribution is 2.26. The lowest BCUT2D eigenvalue weighted by molar-refractivity contribution is 0.426. The Bertz CT molecular complexity index is 483. The van der Waals surface area contributed by atoms with Crippen molar-refractivity contribution in [3.63, 3.8) is 0 Å². The standard InChI is InChI=1S/C8H6BIO2S2/c10-7-5(13)3-4-1-2-14-8(4)6(7)9(11)12/h1-3,11-13H. The van der Waals surface area contributed by atoms with E-state index in [-0.39, 0.29) is 0 Å². The van der Waals surface area contributed by atoms with Crippen LogP contribution in [0.3, 0.4) is 0 Å². The molecule has 0 aliphatic heterocycles. The first kappa shape index (κ1) is 10.8. The molecule has 6 heteroatoms. The molecule has 0 amide bonds. The minimum atomic E-state index is -1.44. The Hall–Kier alpha value is 0.245. The number of thiol groups is 1. The molecule has 0 radical (unpaired) electrons. The third kappa shape index (κ3) is 1.69. The van der Waals surface area contributed by atoms with E-state index in [1.165, 1.54) is 11.3 Å². The first-order valence-corrected chi connectivity index (χ1v) is 6.26. The van der Waals surface area contributed by atoms with Crippen molar-refractivity contribution in [3.05, 3.63) is 21.1 Å². The lowest BCUT2D eigenvalue weighted by Crippen LogP contribution is -2.32. The third-order valence-corrected chi connectivity index (χ3v) is 4.86. The minimum absolute atomic E-state index is 0.558. The van der Waals surface area contributed by atoms with Crippen LogP contribution in [0.15, 0.2) is 22.4 Å². The SMILES string of the molecule is OB(O)c1c(I)c(S)cc2ccsc12. The van der Waals surface area contributed by atoms with Gasteiger partial charge in [-0.2, -0.15) is 0 Å². The van der Waals surface area contributed by atoms with E-state index in [0.717, 1.165) is 18.6 Å². The van der Waals surface area contributed by atoms with Gasteiger partial charge in [-0.15, -0.1) is 24.0 Å². The van der Waals surface area contributed by atoms with Gasteiger partial charge in [0.15, 0.2) is 0 Å². The molecular weight excluding hydrogens is 330 g/mol. The van der Waals surface area contributed by atoms with Crippen molar-refractivity contribution < 1.29 is 10.0 Å². The Morgan fingerprint density at radius 2 is 2.14 bits per heavy atom. The highest BCUT2D eigenvalue weighted by molar-refractivity contribution is 14.1. The predicted molar refractivity (Wildman–Crippen MR) is 71.6 cm³/mol. The molecule has 0 aliphatic carbocycles. The largest absolute Gasteiger partial charge is 0.491 e. The molecule has 0 saturated heterocycles. The van der Waals surface area contributed by atoms with Gasteiger partial charge in [0.25, 0.3) is 0 Å². The summed E-state index contributed by atoms with van der Waals surface area (Å²) in [6, 6.07) is 3.88. The third-order valence-electron chi connectivity index (χ3n) is 1.95. The maximum absolute atomic E-state index is 9.27. The van der Waals surface area contributed by atoms with Crippen molar-refractivity contribution in [1.29, 1.82) is 0 Å². The highest BCUT2D eigenvalue weighted by atomic mass is 127. The van der Waals surface area contributed by atoms with Gasteiger partial charge in [-0.3, -0.25) is 0 Å². The van der Waals surface area contributed by atoms with Crippen LogP contribution in [-0.4, -0.2) is 17.2 Å². The van der Waals surface area contributed by atoms with Crippen LogP contribution in [0.5, 0.6) is 0 Å². The molecule has 0 bridgehead atoms. The van der Waals surface area contributed by atoms with Crippen LogP contribution in [0.2, 0.25) is 0 Å². The molecule has 2 N–H and O–H groups in total. The summed E-state index contributed by atoms with van der Waals surface area (Å²) in [5.74, 6) is 0. The monoisotopic (exact) mass is 336 g/mol. The number of hydrogen-bond donors (Lipinski definition) is 3. The van der Waals surface area contributed by atoms with Gasteiger partial charge in [0, 0.05) is 18.6 Å². The zero-order valence-corrected chi connectivity index (χ0v) is 10.8. The second kappa shape index (κ2) is 4.01. The molecule has 0 aliphatic rings. The highest BCUT2D eigenvalue weighted by Gasteiger charge is 2.21. The maximum Gasteiger partial charge on any atom is 0.491 e. The second-order valence-electron chi connectivity index (χ2n) is 2.84. The van der Waals surface area contributed by atoms with E-state index >= 15 is 0 Å². The van der Waals surface area contributed by atoms with Gasteiger partial charge < -0.3 is 10.0 Å². The fourth-order valence-electron chi connectivity index (χ4n) is 1.33. The Labute approximate surface area is 105 Å². The van der Waals surface area contributed by atoms with E-state index in [1.54, 1.807) is 0 Å². The van der Waals surface area contributed by atoms with Crippen LogP contribution in [0.1, 0.15) is 0 Å². The molecule has 2 aromatic rings. The molecule has 0 atom stereocenters. The van der Waals surface area contributed by atoms with Crippen molar-refractivity contribution in [1.82, 2.24) is 0 Å². The van der Waals surface area contributed by atoms with E-state index in [2.05, 4.69) is 35.2 Å². The molecule has 2 nitrogen and oxygen atoms in total. The summed E-state index contributed by atoms with van der Waals surface area (Å²) in [7, 11) is -1.44. The number of rotatable bonds is 1. The van der Waals surface area contributed by atoms with Crippen molar-refractivity contribution in [3.8, 4) is 0 Å². The maximum atomic E-state index is 9.27. The normalized spacial score (nSPS) is 10.9. The van der Waals surface area contributed by atoms with Crippen LogP contribution in [-0.2, 0) is 0 Å². The van der Waals surface area contributed by atoms with E-state index in [1.807, 2.05) is 17.5 Å². The fourth-order valence-corrected chi connectivity index (χ4v) is 3.43. The van der Waals surface area contributed by atoms with Crippen LogP contribution < -0.4 is 5.46 Å². The van der Waals surface area contributed by atoms with Gasteiger partial charge in [-0.1, -0.05) is 0 Å². The van der Waals surface area contributed by atoms with Crippen LogP contribution >= 0.6 is 46.6 Å². The summed E-state index contributed by atoms with van der Waals surface area (Å²) in [5, 5.41) is 21.5. The first-order chi connectivity index (χ1) is 6.61. The quantitative estimate of drug-likeness (QED) is 0.419. The number of thiophene rings is 1. The van der Waals surface area contributed by atoms with E-state index in [4.69, 9.17) is 0 Å². The van der Waals surface area contributed by atoms with Crippen molar-refractivity contribution in [2.24, 2.45) is 0 Å². The van der Waals surface area contributed by atoms with Gasteiger partial charge in [0.05, 0.1) is 0 Å². The summed E-state index contributed by atoms with van der Waals surface area (Å²) in [6.07, 6.45) is 0. The van der Waals surface area contributed by atoms with Crippen LogP contribution in [0, 0.1) is 3.57 Å². The average Bonchev–Trinajstić information content (AvgIpc) is 2.52. The summed E-state index contributed by atoms with van der Waals surface area (Å²) < 4.78 is 1.72. The smallest absolute Gasteiger partial charge is 0.423 e. The number of fused-ring (bicyclic) bond motifs is 1. The van der Waals surface area contributed by atoms with Gasteiger partial charge in [-0.05, 0) is 45.5 Å². The van der Waals surface area contributed by atoms with Crippen LogP contribution in [0.4, 0.5) is 0 Å². The van der Waals surface area contributed by atoms with E-state index in [0.29, 0.717) is 5.46 Å². The summed E-state index contributed by atoms with van der Waals surface area (Å²) in [5.41, 5.74) is 0.558. The Kier molecular flexibility index (Phi) is 3.08. The first-order valence-electron chi connectivity index (χ1n) is 3.86. The zero-order valence-electron chi connectivity index (χ0n) is 6.94. The summed E-state index contributed by atoms with van der Waals surface area (Å²) >= 11 is 7.87. The number of halogens is 1. The van der Waals surface area contributed by atoms with Gasteiger partial charge in [0.1, 0.15) is 0 Å². The second-order valence-corrected chi connectivity index (χ2v) is 5.31. The summed E-state index contributed by atoms with van der Waals surface area (Å²) in [4.78, 5) is 0.777. The molecule has 0 fully saturated rings. The van der Waals surface area contributed by atoms with E-state index < -0.39 is 7.12 Å². The summed E-state index contributed by atoms with van der Waals surface area (Å²) in [6.45, 7) is 0. The molecule has 0 saturated carbocycles. The average molecular weight is 336 g/mol. The number of benzene rings is 1. The van der Waals surface area contributed by atoms with E-state index in [9.17, 15) is 10.0 Å². The molecule has 14 heavy (non-hydrogen) atoms. The molecule has 72 valence electrons. The minimum Gasteiger partial charge on any atom is -0.423 e. The zero-order chi connectivity index (χ0) is 10.3. The fraction of sp³-hybridized carbons (Fsp3) is 0. The molecule has 0 unspecified atom stereocenters. The lowest BCUT2D eigenvalue weighted by atomic mass is 9.80. The number of hydrogen-bond acceptors (Lipinski definition) is 4. The molecule has 1 heterocycles. The van der Waals surface area contributed by atoms with Gasteiger partial charge >= 0.3 is 7.12 Å². The Morgan fingerprint density at radius 1 is 1.43 bits per heavy atom. The molecular formula is C8H6BIO2S2. The molecule has 1 aromatic carbocycles. The van der Waals surface area contributed by atoms with Gasteiger partial charge in [-0.25, -0.2) is 0 Å².